The molecule has 0 radical (unpaired) electrons. The molecule has 6 nitrogen and oxygen atoms in total. The number of nitrogens with zero attached hydrogens (tertiary/aromatic N) is 2. The van der Waals surface area contributed by atoms with E-state index in [0.29, 0.717) is 12.2 Å². The molecule has 0 spiro atoms. The fraction of sp³-hybridized carbons (Fsp3) is 0.133. The SMILES string of the molecule is N#Cc1cc(NCCc2ccc(N)cc2)ccc1[N+](=O)[O-]. The Bertz CT molecular complexity index is 690. The second kappa shape index (κ2) is 6.39. The van der Waals surface area contributed by atoms with E-state index in [4.69, 9.17) is 11.0 Å². The molecule has 0 unspecified atom stereocenters. The lowest BCUT2D eigenvalue weighted by Crippen LogP contribution is -2.05. The molecule has 2 aromatic rings. The summed E-state index contributed by atoms with van der Waals surface area (Å²) in [6.07, 6.45) is 0.791. The summed E-state index contributed by atoms with van der Waals surface area (Å²) in [5.41, 5.74) is 8.04. The summed E-state index contributed by atoms with van der Waals surface area (Å²) in [6.45, 7) is 0.659. The number of rotatable bonds is 5. The highest BCUT2D eigenvalue weighted by molar-refractivity contribution is 5.58. The molecule has 6 heteroatoms. The molecule has 0 aliphatic heterocycles. The van der Waals surface area contributed by atoms with Gasteiger partial charge < -0.3 is 11.1 Å². The van der Waals surface area contributed by atoms with Crippen LogP contribution in [0.2, 0.25) is 0 Å². The molecule has 0 aliphatic carbocycles. The second-order valence-corrected chi connectivity index (χ2v) is 4.52. The topological polar surface area (TPSA) is 105 Å². The summed E-state index contributed by atoms with van der Waals surface area (Å²) in [7, 11) is 0. The first-order valence-electron chi connectivity index (χ1n) is 6.37. The first-order valence-corrected chi connectivity index (χ1v) is 6.37. The Morgan fingerprint density at radius 1 is 1.24 bits per heavy atom. The molecule has 0 fully saturated rings. The van der Waals surface area contributed by atoms with Gasteiger partial charge in [0.1, 0.15) is 11.6 Å². The molecule has 0 bridgehead atoms. The van der Waals surface area contributed by atoms with Crippen LogP contribution in [0.5, 0.6) is 0 Å². The normalized spacial score (nSPS) is 9.86. The number of hydrogen-bond donors (Lipinski definition) is 2. The van der Waals surface area contributed by atoms with Crippen LogP contribution in [0.15, 0.2) is 42.5 Å². The Balaban J connectivity index is 1.99. The minimum absolute atomic E-state index is 0.0532. The van der Waals surface area contributed by atoms with Crippen LogP contribution < -0.4 is 11.1 Å². The minimum atomic E-state index is -0.559. The first-order chi connectivity index (χ1) is 10.1. The number of nitriles is 1. The van der Waals surface area contributed by atoms with Gasteiger partial charge in [-0.05, 0) is 36.2 Å². The van der Waals surface area contributed by atoms with Crippen LogP contribution in [0.4, 0.5) is 17.1 Å². The number of anilines is 2. The van der Waals surface area contributed by atoms with Gasteiger partial charge in [-0.1, -0.05) is 12.1 Å². The van der Waals surface area contributed by atoms with Crippen molar-refractivity contribution >= 4 is 17.1 Å². The van der Waals surface area contributed by atoms with Crippen molar-refractivity contribution in [3.63, 3.8) is 0 Å². The van der Waals surface area contributed by atoms with Crippen LogP contribution in [-0.4, -0.2) is 11.5 Å². The Morgan fingerprint density at radius 3 is 2.57 bits per heavy atom. The van der Waals surface area contributed by atoms with E-state index >= 15 is 0 Å². The van der Waals surface area contributed by atoms with E-state index in [-0.39, 0.29) is 11.3 Å². The molecule has 0 amide bonds. The van der Waals surface area contributed by atoms with Crippen LogP contribution in [0.3, 0.4) is 0 Å². The minimum Gasteiger partial charge on any atom is -0.399 e. The van der Waals surface area contributed by atoms with E-state index in [1.54, 1.807) is 6.07 Å². The zero-order valence-electron chi connectivity index (χ0n) is 11.2. The summed E-state index contributed by atoms with van der Waals surface area (Å²) >= 11 is 0. The van der Waals surface area contributed by atoms with Crippen molar-refractivity contribution in [2.24, 2.45) is 0 Å². The largest absolute Gasteiger partial charge is 0.399 e. The van der Waals surface area contributed by atoms with Crippen molar-refractivity contribution in [1.29, 1.82) is 5.26 Å². The summed E-state index contributed by atoms with van der Waals surface area (Å²) in [6, 6.07) is 13.8. The van der Waals surface area contributed by atoms with Crippen LogP contribution in [0.25, 0.3) is 0 Å². The van der Waals surface area contributed by atoms with E-state index in [0.717, 1.165) is 17.7 Å². The predicted molar refractivity (Wildman–Crippen MR) is 80.9 cm³/mol. The number of nitrogens with one attached hydrogen (secondary N) is 1. The van der Waals surface area contributed by atoms with Crippen LogP contribution in [0.1, 0.15) is 11.1 Å². The maximum absolute atomic E-state index is 10.7. The highest BCUT2D eigenvalue weighted by Crippen LogP contribution is 2.21. The molecule has 2 aromatic carbocycles. The second-order valence-electron chi connectivity index (χ2n) is 4.52. The molecule has 21 heavy (non-hydrogen) atoms. The predicted octanol–water partition coefficient (Wildman–Crippen LogP) is 2.70. The average Bonchev–Trinajstić information content (AvgIpc) is 2.49. The smallest absolute Gasteiger partial charge is 0.287 e. The van der Waals surface area contributed by atoms with Crippen molar-refractivity contribution in [3.8, 4) is 6.07 Å². The number of nitro groups is 1. The van der Waals surface area contributed by atoms with Gasteiger partial charge in [0.05, 0.1) is 4.92 Å². The molecule has 0 aromatic heterocycles. The van der Waals surface area contributed by atoms with Crippen molar-refractivity contribution in [3.05, 3.63) is 63.7 Å². The molecule has 3 N–H and O–H groups in total. The molecule has 106 valence electrons. The van der Waals surface area contributed by atoms with E-state index in [1.807, 2.05) is 30.3 Å². The van der Waals surface area contributed by atoms with Gasteiger partial charge in [0.2, 0.25) is 0 Å². The van der Waals surface area contributed by atoms with E-state index in [9.17, 15) is 10.1 Å². The fourth-order valence-electron chi connectivity index (χ4n) is 1.93. The van der Waals surface area contributed by atoms with Gasteiger partial charge in [0.15, 0.2) is 0 Å². The van der Waals surface area contributed by atoms with Crippen molar-refractivity contribution in [2.75, 3.05) is 17.6 Å². The van der Waals surface area contributed by atoms with Crippen molar-refractivity contribution in [2.45, 2.75) is 6.42 Å². The van der Waals surface area contributed by atoms with Crippen molar-refractivity contribution in [1.82, 2.24) is 0 Å². The Kier molecular flexibility index (Phi) is 4.36. The lowest BCUT2D eigenvalue weighted by atomic mass is 10.1. The number of benzene rings is 2. The zero-order valence-corrected chi connectivity index (χ0v) is 11.2. The van der Waals surface area contributed by atoms with Crippen LogP contribution >= 0.6 is 0 Å². The quantitative estimate of drug-likeness (QED) is 0.498. The Hall–Kier alpha value is -3.07. The number of nitro benzene ring substituents is 1. The number of nitrogen functional groups attached to an aromatic ring is 1. The summed E-state index contributed by atoms with van der Waals surface area (Å²) in [4.78, 5) is 10.2. The first kappa shape index (κ1) is 14.3. The number of hydrogen-bond acceptors (Lipinski definition) is 5. The molecule has 2 rings (SSSR count). The molecule has 0 aliphatic rings. The van der Waals surface area contributed by atoms with E-state index in [1.165, 1.54) is 12.1 Å². The van der Waals surface area contributed by atoms with Crippen molar-refractivity contribution < 1.29 is 4.92 Å². The van der Waals surface area contributed by atoms with Crippen LogP contribution in [0, 0.1) is 21.4 Å². The lowest BCUT2D eigenvalue weighted by Gasteiger charge is -2.07. The van der Waals surface area contributed by atoms with E-state index in [2.05, 4.69) is 5.32 Å². The molecule has 0 saturated carbocycles. The third-order valence-corrected chi connectivity index (χ3v) is 3.04. The Morgan fingerprint density at radius 2 is 1.95 bits per heavy atom. The molecular formula is C15H14N4O2. The van der Waals surface area contributed by atoms with Gasteiger partial charge in [-0.3, -0.25) is 10.1 Å². The van der Waals surface area contributed by atoms with Gasteiger partial charge in [0.25, 0.3) is 5.69 Å². The highest BCUT2D eigenvalue weighted by Gasteiger charge is 2.13. The summed E-state index contributed by atoms with van der Waals surface area (Å²) < 4.78 is 0. The third kappa shape index (κ3) is 3.70. The standard InChI is InChI=1S/C15H14N4O2/c16-10-12-9-14(5-6-15(12)19(20)21)18-8-7-11-1-3-13(17)4-2-11/h1-6,9,18H,7-8,17H2. The third-order valence-electron chi connectivity index (χ3n) is 3.04. The van der Waals surface area contributed by atoms with Gasteiger partial charge in [-0.2, -0.15) is 5.26 Å². The molecular weight excluding hydrogens is 268 g/mol. The zero-order chi connectivity index (χ0) is 15.2. The Labute approximate surface area is 122 Å². The molecule has 0 saturated heterocycles. The van der Waals surface area contributed by atoms with Gasteiger partial charge in [-0.15, -0.1) is 0 Å². The van der Waals surface area contributed by atoms with Gasteiger partial charge >= 0.3 is 0 Å². The molecule has 0 heterocycles. The average molecular weight is 282 g/mol. The van der Waals surface area contributed by atoms with Crippen LogP contribution in [-0.2, 0) is 6.42 Å². The molecule has 0 atom stereocenters. The summed E-state index contributed by atoms with van der Waals surface area (Å²) in [5, 5.41) is 22.8. The maximum atomic E-state index is 10.7. The summed E-state index contributed by atoms with van der Waals surface area (Å²) in [5.74, 6) is 0. The lowest BCUT2D eigenvalue weighted by molar-refractivity contribution is -0.385. The maximum Gasteiger partial charge on any atom is 0.287 e. The number of nitrogens with two attached hydrogens (primary N) is 1. The van der Waals surface area contributed by atoms with Gasteiger partial charge in [-0.25, -0.2) is 0 Å². The van der Waals surface area contributed by atoms with Gasteiger partial charge in [0, 0.05) is 24.0 Å². The highest BCUT2D eigenvalue weighted by atomic mass is 16.6. The monoisotopic (exact) mass is 282 g/mol. The van der Waals surface area contributed by atoms with E-state index < -0.39 is 4.92 Å². The fourth-order valence-corrected chi connectivity index (χ4v) is 1.93.